The van der Waals surface area contributed by atoms with E-state index in [1.807, 2.05) is 115 Å². The third-order valence-corrected chi connectivity index (χ3v) is 10.8. The first-order valence-electron chi connectivity index (χ1n) is 21.6. The molecule has 6 nitrogen and oxygen atoms in total. The van der Waals surface area contributed by atoms with Crippen molar-refractivity contribution < 1.29 is 12.6 Å². The van der Waals surface area contributed by atoms with E-state index in [1.165, 1.54) is 12.1 Å². The fourth-order valence-electron chi connectivity index (χ4n) is 8.25. The van der Waals surface area contributed by atoms with Gasteiger partial charge in [-0.15, -0.1) is 0 Å². The van der Waals surface area contributed by atoms with Crippen LogP contribution in [0.4, 0.5) is 0 Å². The third-order valence-electron chi connectivity index (χ3n) is 10.8. The van der Waals surface area contributed by atoms with E-state index in [4.69, 9.17) is 24.9 Å². The van der Waals surface area contributed by atoms with E-state index in [2.05, 4.69) is 28.8 Å². The first kappa shape index (κ1) is 26.1. The van der Waals surface area contributed by atoms with Crippen LogP contribution in [0.25, 0.3) is 111 Å². The Balaban J connectivity index is 1.20. The second-order valence-corrected chi connectivity index (χ2v) is 13.9. The summed E-state index contributed by atoms with van der Waals surface area (Å²) >= 11 is 0. The van der Waals surface area contributed by atoms with Crippen LogP contribution in [-0.2, 0) is 0 Å². The predicted molar refractivity (Wildman–Crippen MR) is 232 cm³/mol. The Morgan fingerprint density at radius 3 is 1.75 bits per heavy atom. The van der Waals surface area contributed by atoms with E-state index >= 15 is 0 Å². The van der Waals surface area contributed by atoms with Gasteiger partial charge in [-0.1, -0.05) is 139 Å². The molecule has 0 N–H and O–H groups in total. The van der Waals surface area contributed by atoms with Crippen molar-refractivity contribution in [1.29, 1.82) is 0 Å². The van der Waals surface area contributed by atoms with Crippen LogP contribution >= 0.6 is 0 Å². The van der Waals surface area contributed by atoms with Gasteiger partial charge in [0.05, 0.1) is 36.0 Å². The van der Waals surface area contributed by atoms with Crippen molar-refractivity contribution in [3.63, 3.8) is 0 Å². The standard InChI is InChI=1S/C51H31N5O/c1-2-15-32(16-3-1)49-52-50(54-51(53-49)56-44-26-11-6-19-36(44)37-20-7-12-27-45(37)56)33-29-30-46(55-42-24-9-4-17-34(42)35-18-5-10-25-43(35)55)41(31-33)40-23-14-22-39-38-21-8-13-28-47(38)57-48(39)40/h1-31H/i4D,5D,17D,18D,24D,25D. The Labute approximate surface area is 335 Å². The average molecular weight is 736 g/mol. The second kappa shape index (κ2) is 12.3. The van der Waals surface area contributed by atoms with Crippen LogP contribution in [0.15, 0.2) is 192 Å². The number of aromatic nitrogens is 5. The molecule has 0 spiro atoms. The van der Waals surface area contributed by atoms with Crippen molar-refractivity contribution in [2.45, 2.75) is 0 Å². The molecule has 0 radical (unpaired) electrons. The highest BCUT2D eigenvalue weighted by atomic mass is 16.3. The number of rotatable bonds is 5. The summed E-state index contributed by atoms with van der Waals surface area (Å²) in [6.45, 7) is 0. The zero-order chi connectivity index (χ0) is 42.7. The molecule has 0 saturated heterocycles. The van der Waals surface area contributed by atoms with E-state index in [1.54, 1.807) is 4.57 Å². The van der Waals surface area contributed by atoms with Gasteiger partial charge in [-0.3, -0.25) is 4.57 Å². The van der Waals surface area contributed by atoms with Crippen molar-refractivity contribution in [2.24, 2.45) is 0 Å². The monoisotopic (exact) mass is 735 g/mol. The fourth-order valence-corrected chi connectivity index (χ4v) is 8.25. The minimum Gasteiger partial charge on any atom is -0.455 e. The maximum Gasteiger partial charge on any atom is 0.238 e. The average Bonchev–Trinajstić information content (AvgIpc) is 3.99. The molecule has 0 unspecified atom stereocenters. The lowest BCUT2D eigenvalue weighted by atomic mass is 9.98. The number of benzene rings is 8. The Kier molecular flexibility index (Phi) is 5.64. The zero-order valence-corrected chi connectivity index (χ0v) is 30.1. The third kappa shape index (κ3) is 4.81. The summed E-state index contributed by atoms with van der Waals surface area (Å²) in [5.41, 5.74) is 7.05. The van der Waals surface area contributed by atoms with Crippen molar-refractivity contribution in [3.8, 4) is 45.5 Å². The van der Waals surface area contributed by atoms with E-state index in [-0.39, 0.29) is 58.1 Å². The summed E-state index contributed by atoms with van der Waals surface area (Å²) in [5.74, 6) is 1.31. The molecule has 0 fully saturated rings. The van der Waals surface area contributed by atoms with Gasteiger partial charge in [0.2, 0.25) is 5.95 Å². The van der Waals surface area contributed by atoms with Crippen LogP contribution in [0, 0.1) is 0 Å². The van der Waals surface area contributed by atoms with Gasteiger partial charge >= 0.3 is 0 Å². The first-order valence-corrected chi connectivity index (χ1v) is 18.6. The lowest BCUT2D eigenvalue weighted by Gasteiger charge is -2.16. The van der Waals surface area contributed by atoms with Crippen molar-refractivity contribution in [2.75, 3.05) is 0 Å². The molecule has 0 atom stereocenters. The summed E-state index contributed by atoms with van der Waals surface area (Å²) in [5, 5.41) is 4.31. The highest BCUT2D eigenvalue weighted by Crippen LogP contribution is 2.42. The quantitative estimate of drug-likeness (QED) is 0.177. The molecule has 0 aliphatic rings. The molecular formula is C51H31N5O. The lowest BCUT2D eigenvalue weighted by Crippen LogP contribution is -2.06. The number of furan rings is 1. The maximum absolute atomic E-state index is 9.25. The number of fused-ring (bicyclic) bond motifs is 9. The molecule has 0 bridgehead atoms. The molecule has 57 heavy (non-hydrogen) atoms. The second-order valence-electron chi connectivity index (χ2n) is 13.9. The normalized spacial score (nSPS) is 13.3. The Bertz CT molecular complexity index is 3770. The fraction of sp³-hybridized carbons (Fsp3) is 0. The largest absolute Gasteiger partial charge is 0.455 e. The van der Waals surface area contributed by atoms with Gasteiger partial charge < -0.3 is 8.98 Å². The van der Waals surface area contributed by atoms with Crippen LogP contribution in [0.2, 0.25) is 0 Å². The van der Waals surface area contributed by atoms with Crippen LogP contribution in [-0.4, -0.2) is 24.1 Å². The number of hydrogen-bond donors (Lipinski definition) is 0. The molecule has 8 aromatic carbocycles. The van der Waals surface area contributed by atoms with Crippen LogP contribution < -0.4 is 0 Å². The molecule has 0 aliphatic heterocycles. The Morgan fingerprint density at radius 2 is 1.04 bits per heavy atom. The topological polar surface area (TPSA) is 61.7 Å². The Hall–Kier alpha value is -7.83. The highest BCUT2D eigenvalue weighted by molar-refractivity contribution is 6.13. The van der Waals surface area contributed by atoms with Gasteiger partial charge in [0.1, 0.15) is 11.2 Å². The summed E-state index contributed by atoms with van der Waals surface area (Å²) in [6.07, 6.45) is 0. The van der Waals surface area contributed by atoms with Gasteiger partial charge in [-0.05, 0) is 48.5 Å². The van der Waals surface area contributed by atoms with E-state index < -0.39 is 0 Å². The molecule has 6 heteroatoms. The smallest absolute Gasteiger partial charge is 0.238 e. The van der Waals surface area contributed by atoms with Crippen LogP contribution in [0.1, 0.15) is 8.22 Å². The van der Waals surface area contributed by atoms with Crippen molar-refractivity contribution >= 4 is 65.6 Å². The van der Waals surface area contributed by atoms with Gasteiger partial charge in [-0.25, -0.2) is 4.98 Å². The summed E-state index contributed by atoms with van der Waals surface area (Å²) in [6, 6.07) is 47.5. The molecule has 4 aromatic heterocycles. The predicted octanol–water partition coefficient (Wildman–Crippen LogP) is 13.0. The van der Waals surface area contributed by atoms with E-state index in [9.17, 15) is 2.74 Å². The van der Waals surface area contributed by atoms with Gasteiger partial charge in [0.15, 0.2) is 11.6 Å². The molecule has 0 aliphatic carbocycles. The summed E-state index contributed by atoms with van der Waals surface area (Å²) < 4.78 is 64.2. The van der Waals surface area contributed by atoms with Gasteiger partial charge in [0, 0.05) is 54.6 Å². The van der Waals surface area contributed by atoms with Crippen molar-refractivity contribution in [1.82, 2.24) is 24.1 Å². The lowest BCUT2D eigenvalue weighted by molar-refractivity contribution is 0.670. The minimum absolute atomic E-state index is 0.0507. The Morgan fingerprint density at radius 1 is 0.421 bits per heavy atom. The summed E-state index contributed by atoms with van der Waals surface area (Å²) in [4.78, 5) is 15.5. The first-order chi connectivity index (χ1) is 30.7. The zero-order valence-electron chi connectivity index (χ0n) is 36.1. The van der Waals surface area contributed by atoms with Crippen LogP contribution in [0.3, 0.4) is 0 Å². The molecular weight excluding hydrogens is 699 g/mol. The maximum atomic E-state index is 9.25. The number of para-hydroxylation sites is 6. The van der Waals surface area contributed by atoms with E-state index in [0.29, 0.717) is 51.1 Å². The number of nitrogens with zero attached hydrogens (tertiary/aromatic N) is 5. The van der Waals surface area contributed by atoms with Crippen LogP contribution in [0.5, 0.6) is 0 Å². The van der Waals surface area contributed by atoms with E-state index in [0.717, 1.165) is 38.1 Å². The molecule has 266 valence electrons. The summed E-state index contributed by atoms with van der Waals surface area (Å²) in [7, 11) is 0. The van der Waals surface area contributed by atoms with Gasteiger partial charge in [0.25, 0.3) is 0 Å². The molecule has 0 amide bonds. The minimum atomic E-state index is -0.183. The molecule has 12 aromatic rings. The SMILES string of the molecule is [2H]c1cc([2H])c2c(c1[2H])c1c([2H])c([2H])cc([2H])c1n2-c1ccc(-c2nc(-c3ccccc3)nc(-n3c4ccccc4c4ccccc43)n2)cc1-c1cccc2c1oc1ccccc12. The molecule has 0 saturated carbocycles. The highest BCUT2D eigenvalue weighted by Gasteiger charge is 2.22. The van der Waals surface area contributed by atoms with Gasteiger partial charge in [-0.2, -0.15) is 9.97 Å². The molecule has 4 heterocycles. The number of hydrogen-bond acceptors (Lipinski definition) is 4. The molecule has 12 rings (SSSR count). The van der Waals surface area contributed by atoms with Crippen molar-refractivity contribution in [3.05, 3.63) is 188 Å².